The largest absolute Gasteiger partial charge is 0.299 e. The van der Waals surface area contributed by atoms with Crippen molar-refractivity contribution >= 4 is 5.65 Å². The molecule has 1 fully saturated rings. The second kappa shape index (κ2) is 5.22. The average Bonchev–Trinajstić information content (AvgIpc) is 2.97. The molecule has 3 heterocycles. The molecule has 1 aliphatic heterocycles. The van der Waals surface area contributed by atoms with E-state index in [2.05, 4.69) is 20.2 Å². The monoisotopic (exact) mass is 288 g/mol. The van der Waals surface area contributed by atoms with Crippen LogP contribution in [0, 0.1) is 5.92 Å². The van der Waals surface area contributed by atoms with E-state index in [0.29, 0.717) is 12.2 Å². The Morgan fingerprint density at radius 2 is 2.05 bits per heavy atom. The number of hydrogen-bond acceptors (Lipinski definition) is 5. The van der Waals surface area contributed by atoms with Crippen LogP contribution in [0.15, 0.2) is 11.1 Å². The molecule has 0 bridgehead atoms. The molecule has 0 spiro atoms. The Bertz CT molecular complexity index is 699. The Balaban J connectivity index is 1.56. The Kier molecular flexibility index (Phi) is 3.21. The van der Waals surface area contributed by atoms with Crippen molar-refractivity contribution in [2.24, 2.45) is 5.92 Å². The van der Waals surface area contributed by atoms with Gasteiger partial charge < -0.3 is 0 Å². The van der Waals surface area contributed by atoms with Gasteiger partial charge in [-0.25, -0.2) is 0 Å². The van der Waals surface area contributed by atoms with Crippen molar-refractivity contribution in [3.8, 4) is 0 Å². The third kappa shape index (κ3) is 2.35. The molecule has 2 aliphatic rings. The van der Waals surface area contributed by atoms with Crippen molar-refractivity contribution in [1.29, 1.82) is 0 Å². The predicted molar refractivity (Wildman–Crippen MR) is 76.9 cm³/mol. The number of aromatic nitrogens is 5. The van der Waals surface area contributed by atoms with Gasteiger partial charge in [0.2, 0.25) is 5.65 Å². The summed E-state index contributed by atoms with van der Waals surface area (Å²) in [5.41, 5.74) is 0.245. The first kappa shape index (κ1) is 12.9. The molecule has 7 nitrogen and oxygen atoms in total. The fraction of sp³-hybridized carbons (Fsp3) is 0.714. The maximum atomic E-state index is 12.3. The van der Waals surface area contributed by atoms with Crippen molar-refractivity contribution in [3.05, 3.63) is 22.5 Å². The maximum absolute atomic E-state index is 12.3. The smallest absolute Gasteiger partial charge is 0.294 e. The molecule has 0 aromatic carbocycles. The molecule has 2 aromatic heterocycles. The molecule has 0 saturated heterocycles. The average molecular weight is 288 g/mol. The van der Waals surface area contributed by atoms with Crippen LogP contribution < -0.4 is 5.56 Å². The first-order valence-electron chi connectivity index (χ1n) is 7.83. The molecule has 0 unspecified atom stereocenters. The van der Waals surface area contributed by atoms with E-state index in [4.69, 9.17) is 0 Å². The minimum Gasteiger partial charge on any atom is -0.294 e. The molecule has 7 heteroatoms. The molecule has 0 N–H and O–H groups in total. The van der Waals surface area contributed by atoms with Crippen molar-refractivity contribution in [2.75, 3.05) is 13.1 Å². The lowest BCUT2D eigenvalue weighted by Gasteiger charge is -2.33. The molecule has 1 saturated carbocycles. The van der Waals surface area contributed by atoms with Crippen LogP contribution in [0.25, 0.3) is 5.65 Å². The van der Waals surface area contributed by atoms with Gasteiger partial charge in [-0.15, -0.1) is 15.3 Å². The Hall–Kier alpha value is -1.76. The SMILES string of the molecule is O=c1c2nncn2nc2n1CCN(CC1CCCCC1)C2. The first-order valence-corrected chi connectivity index (χ1v) is 7.83. The normalized spacial score (nSPS) is 20.8. The van der Waals surface area contributed by atoms with Crippen LogP contribution in [-0.2, 0) is 13.1 Å². The molecule has 1 aliphatic carbocycles. The predicted octanol–water partition coefficient (Wildman–Crippen LogP) is 0.682. The summed E-state index contributed by atoms with van der Waals surface area (Å²) in [6.45, 7) is 3.52. The van der Waals surface area contributed by atoms with Crippen molar-refractivity contribution in [1.82, 2.24) is 29.3 Å². The lowest BCUT2D eigenvalue weighted by molar-refractivity contribution is 0.160. The molecule has 2 aromatic rings. The summed E-state index contributed by atoms with van der Waals surface area (Å²) in [4.78, 5) is 14.8. The van der Waals surface area contributed by atoms with Crippen molar-refractivity contribution < 1.29 is 0 Å². The lowest BCUT2D eigenvalue weighted by atomic mass is 9.89. The van der Waals surface area contributed by atoms with Gasteiger partial charge in [0.25, 0.3) is 5.56 Å². The van der Waals surface area contributed by atoms with Crippen LogP contribution in [0.2, 0.25) is 0 Å². The number of fused-ring (bicyclic) bond motifs is 2. The Morgan fingerprint density at radius 1 is 1.19 bits per heavy atom. The van der Waals surface area contributed by atoms with Gasteiger partial charge in [0.1, 0.15) is 12.2 Å². The van der Waals surface area contributed by atoms with Crippen LogP contribution in [0.4, 0.5) is 0 Å². The van der Waals surface area contributed by atoms with Gasteiger partial charge in [0, 0.05) is 19.6 Å². The zero-order valence-electron chi connectivity index (χ0n) is 12.1. The first-order chi connectivity index (χ1) is 10.3. The zero-order chi connectivity index (χ0) is 14.2. The molecular weight excluding hydrogens is 268 g/mol. The van der Waals surface area contributed by atoms with E-state index in [1.807, 2.05) is 0 Å². The molecule has 112 valence electrons. The van der Waals surface area contributed by atoms with E-state index in [1.165, 1.54) is 42.9 Å². The Morgan fingerprint density at radius 3 is 2.90 bits per heavy atom. The second-order valence-electron chi connectivity index (χ2n) is 6.21. The summed E-state index contributed by atoms with van der Waals surface area (Å²) in [7, 11) is 0. The fourth-order valence-electron chi connectivity index (χ4n) is 3.62. The van der Waals surface area contributed by atoms with Gasteiger partial charge in [-0.05, 0) is 18.8 Å². The molecule has 0 radical (unpaired) electrons. The van der Waals surface area contributed by atoms with Crippen molar-refractivity contribution in [3.63, 3.8) is 0 Å². The van der Waals surface area contributed by atoms with Crippen LogP contribution in [0.1, 0.15) is 37.9 Å². The van der Waals surface area contributed by atoms with Crippen LogP contribution in [0.5, 0.6) is 0 Å². The van der Waals surface area contributed by atoms with Crippen molar-refractivity contribution in [2.45, 2.75) is 45.2 Å². The summed E-state index contributed by atoms with van der Waals surface area (Å²) in [6.07, 6.45) is 8.32. The van der Waals surface area contributed by atoms with Crippen LogP contribution >= 0.6 is 0 Å². The van der Waals surface area contributed by atoms with Gasteiger partial charge in [-0.2, -0.15) is 4.52 Å². The summed E-state index contributed by atoms with van der Waals surface area (Å²) in [5, 5.41) is 12.1. The second-order valence-corrected chi connectivity index (χ2v) is 6.21. The highest BCUT2D eigenvalue weighted by Crippen LogP contribution is 2.25. The quantitative estimate of drug-likeness (QED) is 0.813. The highest BCUT2D eigenvalue weighted by molar-refractivity contribution is 5.31. The maximum Gasteiger partial charge on any atom is 0.299 e. The van der Waals surface area contributed by atoms with Crippen LogP contribution in [0.3, 0.4) is 0 Å². The number of nitrogens with zero attached hydrogens (tertiary/aromatic N) is 6. The van der Waals surface area contributed by atoms with E-state index in [1.54, 1.807) is 4.57 Å². The molecule has 21 heavy (non-hydrogen) atoms. The number of hydrogen-bond donors (Lipinski definition) is 0. The van der Waals surface area contributed by atoms with Gasteiger partial charge in [0.15, 0.2) is 0 Å². The molecule has 0 amide bonds. The summed E-state index contributed by atoms with van der Waals surface area (Å²) in [6, 6.07) is 0. The minimum absolute atomic E-state index is 0.0742. The highest BCUT2D eigenvalue weighted by Gasteiger charge is 2.23. The lowest BCUT2D eigenvalue weighted by Crippen LogP contribution is -2.42. The molecule has 0 atom stereocenters. The summed E-state index contributed by atoms with van der Waals surface area (Å²) in [5.74, 6) is 1.64. The van der Waals surface area contributed by atoms with E-state index in [0.717, 1.165) is 31.4 Å². The van der Waals surface area contributed by atoms with E-state index in [-0.39, 0.29) is 5.56 Å². The third-order valence-electron chi connectivity index (χ3n) is 4.75. The molecule has 4 rings (SSSR count). The summed E-state index contributed by atoms with van der Waals surface area (Å²) < 4.78 is 3.25. The number of rotatable bonds is 2. The Labute approximate surface area is 122 Å². The van der Waals surface area contributed by atoms with Gasteiger partial charge in [-0.1, -0.05) is 19.3 Å². The van der Waals surface area contributed by atoms with Gasteiger partial charge in [-0.3, -0.25) is 14.3 Å². The van der Waals surface area contributed by atoms with Crippen LogP contribution in [-0.4, -0.2) is 42.4 Å². The zero-order valence-corrected chi connectivity index (χ0v) is 12.1. The molecular formula is C14H20N6O. The third-order valence-corrected chi connectivity index (χ3v) is 4.75. The van der Waals surface area contributed by atoms with Gasteiger partial charge in [0.05, 0.1) is 6.54 Å². The standard InChI is InChI=1S/C14H20N6O/c21-14-13-16-15-10-20(13)17-12-9-18(6-7-19(12)14)8-11-4-2-1-3-5-11/h10-11H,1-9H2. The summed E-state index contributed by atoms with van der Waals surface area (Å²) >= 11 is 0. The fourth-order valence-corrected chi connectivity index (χ4v) is 3.62. The van der Waals surface area contributed by atoms with Gasteiger partial charge >= 0.3 is 0 Å². The topological polar surface area (TPSA) is 68.3 Å². The van der Waals surface area contributed by atoms with E-state index in [9.17, 15) is 4.79 Å². The van der Waals surface area contributed by atoms with E-state index >= 15 is 0 Å². The highest BCUT2D eigenvalue weighted by atomic mass is 16.1. The minimum atomic E-state index is -0.0742. The van der Waals surface area contributed by atoms with E-state index < -0.39 is 0 Å².